The summed E-state index contributed by atoms with van der Waals surface area (Å²) in [5, 5.41) is 13.8. The van der Waals surface area contributed by atoms with E-state index < -0.39 is 0 Å². The van der Waals surface area contributed by atoms with Crippen LogP contribution in [0.1, 0.15) is 19.3 Å². The number of amides is 1. The Labute approximate surface area is 58.9 Å². The molecule has 0 bridgehead atoms. The third-order valence-corrected chi connectivity index (χ3v) is 1.51. The number of carbonyl (C=O) groups excluding carboxylic acids is 1. The summed E-state index contributed by atoms with van der Waals surface area (Å²) in [5.41, 5.74) is 0.248. The van der Waals surface area contributed by atoms with E-state index in [4.69, 9.17) is 5.21 Å². The molecule has 0 saturated carbocycles. The van der Waals surface area contributed by atoms with E-state index in [0.29, 0.717) is 13.0 Å². The van der Waals surface area contributed by atoms with Crippen LogP contribution in [0.5, 0.6) is 0 Å². The summed E-state index contributed by atoms with van der Waals surface area (Å²) < 4.78 is 0. The van der Waals surface area contributed by atoms with E-state index in [9.17, 15) is 4.79 Å². The van der Waals surface area contributed by atoms with E-state index in [-0.39, 0.29) is 11.6 Å². The van der Waals surface area contributed by atoms with Crippen LogP contribution in [0.2, 0.25) is 0 Å². The number of oxime groups is 1. The Morgan fingerprint density at radius 1 is 1.50 bits per heavy atom. The molecular formula is C6H10N2O2. The zero-order valence-electron chi connectivity index (χ0n) is 5.63. The second-order valence-corrected chi connectivity index (χ2v) is 2.26. The molecule has 1 aliphatic heterocycles. The van der Waals surface area contributed by atoms with E-state index in [1.807, 2.05) is 0 Å². The van der Waals surface area contributed by atoms with Gasteiger partial charge in [-0.3, -0.25) is 4.79 Å². The average molecular weight is 142 g/mol. The molecule has 1 heterocycles. The molecule has 0 atom stereocenters. The number of nitrogens with zero attached hydrogens (tertiary/aromatic N) is 1. The standard InChI is InChI=1S/C6H10N2O2/c9-6-5(8-10)3-1-2-4-7-6/h10H,1-4H2,(H,7,9)/b8-5+. The van der Waals surface area contributed by atoms with E-state index in [0.717, 1.165) is 12.8 Å². The van der Waals surface area contributed by atoms with Crippen LogP contribution in [0.4, 0.5) is 0 Å². The lowest BCUT2D eigenvalue weighted by atomic mass is 10.2. The Bertz CT molecular complexity index is 165. The summed E-state index contributed by atoms with van der Waals surface area (Å²) in [6, 6.07) is 0. The molecule has 0 aromatic rings. The van der Waals surface area contributed by atoms with Crippen molar-refractivity contribution in [3.63, 3.8) is 0 Å². The molecule has 1 amide bonds. The number of hydrogen-bond donors (Lipinski definition) is 2. The lowest BCUT2D eigenvalue weighted by Crippen LogP contribution is -2.28. The molecule has 10 heavy (non-hydrogen) atoms. The maximum absolute atomic E-state index is 10.8. The summed E-state index contributed by atoms with van der Waals surface area (Å²) in [4.78, 5) is 10.8. The molecule has 1 fully saturated rings. The number of carbonyl (C=O) groups is 1. The maximum Gasteiger partial charge on any atom is 0.269 e. The van der Waals surface area contributed by atoms with Crippen molar-refractivity contribution in [1.29, 1.82) is 0 Å². The summed E-state index contributed by atoms with van der Waals surface area (Å²) in [5.74, 6) is -0.236. The molecule has 1 saturated heterocycles. The van der Waals surface area contributed by atoms with Gasteiger partial charge in [-0.2, -0.15) is 0 Å². The molecule has 0 spiro atoms. The van der Waals surface area contributed by atoms with Gasteiger partial charge in [-0.1, -0.05) is 5.16 Å². The third-order valence-electron chi connectivity index (χ3n) is 1.51. The van der Waals surface area contributed by atoms with Crippen molar-refractivity contribution in [2.75, 3.05) is 6.54 Å². The minimum atomic E-state index is -0.236. The van der Waals surface area contributed by atoms with Gasteiger partial charge in [-0.05, 0) is 19.3 Å². The Kier molecular flexibility index (Phi) is 2.25. The topological polar surface area (TPSA) is 61.7 Å². The molecule has 56 valence electrons. The van der Waals surface area contributed by atoms with Gasteiger partial charge in [-0.25, -0.2) is 0 Å². The van der Waals surface area contributed by atoms with Crippen LogP contribution < -0.4 is 5.32 Å². The van der Waals surface area contributed by atoms with Crippen LogP contribution in [0.15, 0.2) is 5.16 Å². The normalized spacial score (nSPS) is 24.0. The van der Waals surface area contributed by atoms with Gasteiger partial charge in [0.05, 0.1) is 0 Å². The van der Waals surface area contributed by atoms with Crippen LogP contribution in [0.3, 0.4) is 0 Å². The van der Waals surface area contributed by atoms with E-state index in [1.54, 1.807) is 0 Å². The summed E-state index contributed by atoms with van der Waals surface area (Å²) in [6.45, 7) is 0.692. The molecule has 0 radical (unpaired) electrons. The smallest absolute Gasteiger partial charge is 0.269 e. The lowest BCUT2D eigenvalue weighted by Gasteiger charge is -1.96. The largest absolute Gasteiger partial charge is 0.410 e. The summed E-state index contributed by atoms with van der Waals surface area (Å²) in [7, 11) is 0. The minimum absolute atomic E-state index is 0.236. The van der Waals surface area contributed by atoms with Gasteiger partial charge in [0.2, 0.25) is 0 Å². The van der Waals surface area contributed by atoms with E-state index in [1.165, 1.54) is 0 Å². The maximum atomic E-state index is 10.8. The van der Waals surface area contributed by atoms with Crippen molar-refractivity contribution < 1.29 is 10.0 Å². The first-order valence-corrected chi connectivity index (χ1v) is 3.33. The summed E-state index contributed by atoms with van der Waals surface area (Å²) >= 11 is 0. The highest BCUT2D eigenvalue weighted by atomic mass is 16.4. The third kappa shape index (κ3) is 1.46. The van der Waals surface area contributed by atoms with Crippen molar-refractivity contribution in [3.8, 4) is 0 Å². The van der Waals surface area contributed by atoms with Crippen LogP contribution in [0.25, 0.3) is 0 Å². The zero-order valence-corrected chi connectivity index (χ0v) is 5.63. The average Bonchev–Trinajstić information content (AvgIpc) is 2.13. The Balaban J connectivity index is 2.61. The molecule has 1 aliphatic rings. The van der Waals surface area contributed by atoms with Crippen LogP contribution in [-0.2, 0) is 4.79 Å². The van der Waals surface area contributed by atoms with Crippen molar-refractivity contribution >= 4 is 11.6 Å². The lowest BCUT2D eigenvalue weighted by molar-refractivity contribution is -0.114. The van der Waals surface area contributed by atoms with Crippen molar-refractivity contribution in [2.24, 2.45) is 5.16 Å². The number of hydrogen-bond acceptors (Lipinski definition) is 3. The zero-order chi connectivity index (χ0) is 7.40. The summed E-state index contributed by atoms with van der Waals surface area (Å²) in [6.07, 6.45) is 2.46. The van der Waals surface area contributed by atoms with E-state index >= 15 is 0 Å². The Morgan fingerprint density at radius 2 is 2.30 bits per heavy atom. The van der Waals surface area contributed by atoms with E-state index in [2.05, 4.69) is 10.5 Å². The Morgan fingerprint density at radius 3 is 3.00 bits per heavy atom. The second kappa shape index (κ2) is 3.20. The predicted molar refractivity (Wildman–Crippen MR) is 36.1 cm³/mol. The first-order chi connectivity index (χ1) is 4.84. The highest BCUT2D eigenvalue weighted by Gasteiger charge is 2.13. The molecule has 0 aromatic carbocycles. The van der Waals surface area contributed by atoms with Crippen LogP contribution in [0, 0.1) is 0 Å². The fourth-order valence-electron chi connectivity index (χ4n) is 0.930. The van der Waals surface area contributed by atoms with Gasteiger partial charge in [-0.15, -0.1) is 0 Å². The molecule has 0 aromatic heterocycles. The molecule has 2 N–H and O–H groups in total. The molecule has 4 nitrogen and oxygen atoms in total. The molecular weight excluding hydrogens is 132 g/mol. The van der Waals surface area contributed by atoms with Crippen molar-refractivity contribution in [2.45, 2.75) is 19.3 Å². The fraction of sp³-hybridized carbons (Fsp3) is 0.667. The van der Waals surface area contributed by atoms with Gasteiger partial charge in [0, 0.05) is 6.54 Å². The molecule has 1 rings (SSSR count). The quantitative estimate of drug-likeness (QED) is 0.372. The monoisotopic (exact) mass is 142 g/mol. The van der Waals surface area contributed by atoms with Gasteiger partial charge in [0.15, 0.2) is 0 Å². The van der Waals surface area contributed by atoms with Crippen molar-refractivity contribution in [3.05, 3.63) is 0 Å². The van der Waals surface area contributed by atoms with Crippen LogP contribution >= 0.6 is 0 Å². The molecule has 0 unspecified atom stereocenters. The van der Waals surface area contributed by atoms with Crippen molar-refractivity contribution in [1.82, 2.24) is 5.32 Å². The van der Waals surface area contributed by atoms with Gasteiger partial charge < -0.3 is 10.5 Å². The fourth-order valence-corrected chi connectivity index (χ4v) is 0.930. The highest BCUT2D eigenvalue weighted by Crippen LogP contribution is 2.01. The SMILES string of the molecule is O=C1NCCCC/C1=N\O. The molecule has 0 aliphatic carbocycles. The predicted octanol–water partition coefficient (Wildman–Crippen LogP) is 0.117. The van der Waals surface area contributed by atoms with Gasteiger partial charge in [0.1, 0.15) is 5.71 Å². The molecule has 4 heteroatoms. The highest BCUT2D eigenvalue weighted by molar-refractivity contribution is 6.38. The second-order valence-electron chi connectivity index (χ2n) is 2.26. The Hall–Kier alpha value is -1.06. The number of rotatable bonds is 0. The van der Waals surface area contributed by atoms with Gasteiger partial charge >= 0.3 is 0 Å². The minimum Gasteiger partial charge on any atom is -0.410 e. The number of nitrogens with one attached hydrogen (secondary N) is 1. The van der Waals surface area contributed by atoms with Gasteiger partial charge in [0.25, 0.3) is 5.91 Å². The first kappa shape index (κ1) is 7.05. The van der Waals surface area contributed by atoms with Crippen LogP contribution in [-0.4, -0.2) is 23.4 Å². The first-order valence-electron chi connectivity index (χ1n) is 3.33.